The Kier molecular flexibility index (Phi) is 57.8. The molecule has 3 N–H and O–H groups in total. The maximum atomic E-state index is 12.5. The Morgan fingerprint density at radius 3 is 0.957 bits per heavy atom. The molecule has 4 nitrogen and oxygen atoms in total. The molecular formula is C65H117NO3. The third-order valence-corrected chi connectivity index (χ3v) is 13.6. The van der Waals surface area contributed by atoms with Gasteiger partial charge in [-0.1, -0.05) is 311 Å². The lowest BCUT2D eigenvalue weighted by Gasteiger charge is -2.20. The normalized spacial score (nSPS) is 13.4. The molecule has 0 saturated carbocycles. The average Bonchev–Trinajstić information content (AvgIpc) is 3.35. The van der Waals surface area contributed by atoms with E-state index in [4.69, 9.17) is 0 Å². The van der Waals surface area contributed by atoms with E-state index in [9.17, 15) is 15.0 Å². The summed E-state index contributed by atoms with van der Waals surface area (Å²) in [6, 6.07) is -0.634. The van der Waals surface area contributed by atoms with E-state index < -0.39 is 12.1 Å². The zero-order valence-corrected chi connectivity index (χ0v) is 46.1. The zero-order chi connectivity index (χ0) is 49.9. The maximum Gasteiger partial charge on any atom is 0.220 e. The van der Waals surface area contributed by atoms with Crippen molar-refractivity contribution in [2.24, 2.45) is 0 Å². The Balaban J connectivity index is 3.53. The van der Waals surface area contributed by atoms with Crippen LogP contribution >= 0.6 is 0 Å². The van der Waals surface area contributed by atoms with Gasteiger partial charge in [0.05, 0.1) is 18.8 Å². The Labute approximate surface area is 431 Å². The summed E-state index contributed by atoms with van der Waals surface area (Å²) in [5.41, 5.74) is 0. The summed E-state index contributed by atoms with van der Waals surface area (Å²) in [7, 11) is 0. The van der Waals surface area contributed by atoms with E-state index in [-0.39, 0.29) is 12.5 Å². The minimum Gasteiger partial charge on any atom is -0.394 e. The van der Waals surface area contributed by atoms with E-state index in [0.717, 1.165) is 70.6 Å². The molecule has 0 aromatic carbocycles. The molecule has 0 bridgehead atoms. The van der Waals surface area contributed by atoms with E-state index in [1.165, 1.54) is 212 Å². The van der Waals surface area contributed by atoms with Crippen LogP contribution in [0.1, 0.15) is 303 Å². The van der Waals surface area contributed by atoms with Crippen LogP contribution in [0.25, 0.3) is 0 Å². The second kappa shape index (κ2) is 59.9. The number of carbonyl (C=O) groups is 1. The van der Waals surface area contributed by atoms with Crippen LogP contribution in [-0.2, 0) is 4.79 Å². The number of rotatable bonds is 55. The third-order valence-electron chi connectivity index (χ3n) is 13.6. The summed E-state index contributed by atoms with van der Waals surface area (Å²) in [4.78, 5) is 12.5. The Hall–Kier alpha value is -2.43. The molecule has 0 radical (unpaired) electrons. The second-order valence-corrected chi connectivity index (χ2v) is 20.4. The van der Waals surface area contributed by atoms with Gasteiger partial charge in [-0.3, -0.25) is 4.79 Å². The average molecular weight is 961 g/mol. The van der Waals surface area contributed by atoms with Gasteiger partial charge >= 0.3 is 0 Å². The van der Waals surface area contributed by atoms with E-state index in [1.807, 2.05) is 6.08 Å². The van der Waals surface area contributed by atoms with Gasteiger partial charge in [-0.05, 0) is 70.6 Å². The van der Waals surface area contributed by atoms with Gasteiger partial charge < -0.3 is 15.5 Å². The van der Waals surface area contributed by atoms with Gasteiger partial charge in [0.25, 0.3) is 0 Å². The highest BCUT2D eigenvalue weighted by Gasteiger charge is 2.18. The molecule has 0 fully saturated rings. The minimum atomic E-state index is -0.850. The fourth-order valence-electron chi connectivity index (χ4n) is 9.07. The van der Waals surface area contributed by atoms with Gasteiger partial charge in [0.1, 0.15) is 0 Å². The fraction of sp³-hybridized carbons (Fsp3) is 0.769. The number of hydrogen-bond donors (Lipinski definition) is 3. The Morgan fingerprint density at radius 2 is 0.638 bits per heavy atom. The minimum absolute atomic E-state index is 0.0726. The van der Waals surface area contributed by atoms with Crippen LogP contribution in [0.4, 0.5) is 0 Å². The lowest BCUT2D eigenvalue weighted by Crippen LogP contribution is -2.45. The highest BCUT2D eigenvalue weighted by atomic mass is 16.3. The predicted molar refractivity (Wildman–Crippen MR) is 308 cm³/mol. The van der Waals surface area contributed by atoms with Crippen molar-refractivity contribution in [3.05, 3.63) is 85.1 Å². The van der Waals surface area contributed by atoms with Crippen LogP contribution in [0.3, 0.4) is 0 Å². The topological polar surface area (TPSA) is 69.6 Å². The summed E-state index contributed by atoms with van der Waals surface area (Å²) in [5.74, 6) is -0.0726. The van der Waals surface area contributed by atoms with Gasteiger partial charge in [0.15, 0.2) is 0 Å². The van der Waals surface area contributed by atoms with E-state index in [2.05, 4.69) is 92.1 Å². The fourth-order valence-corrected chi connectivity index (χ4v) is 9.07. The van der Waals surface area contributed by atoms with Crippen molar-refractivity contribution >= 4 is 5.91 Å². The summed E-state index contributed by atoms with van der Waals surface area (Å²) >= 11 is 0. The van der Waals surface area contributed by atoms with Gasteiger partial charge in [-0.15, -0.1) is 0 Å². The molecule has 4 heteroatoms. The third kappa shape index (κ3) is 56.4. The van der Waals surface area contributed by atoms with Crippen LogP contribution in [0, 0.1) is 0 Å². The van der Waals surface area contributed by atoms with Gasteiger partial charge in [0.2, 0.25) is 5.91 Å². The molecule has 2 atom stereocenters. The van der Waals surface area contributed by atoms with Crippen molar-refractivity contribution < 1.29 is 15.0 Å². The number of amides is 1. The number of allylic oxidation sites excluding steroid dienone is 13. The number of aliphatic hydroxyl groups is 2. The largest absolute Gasteiger partial charge is 0.394 e. The first-order valence-electron chi connectivity index (χ1n) is 30.3. The first kappa shape index (κ1) is 66.6. The van der Waals surface area contributed by atoms with Gasteiger partial charge in [0, 0.05) is 6.42 Å². The van der Waals surface area contributed by atoms with E-state index >= 15 is 0 Å². The summed E-state index contributed by atoms with van der Waals surface area (Å²) < 4.78 is 0. The monoisotopic (exact) mass is 960 g/mol. The van der Waals surface area contributed by atoms with Crippen LogP contribution in [0.2, 0.25) is 0 Å². The van der Waals surface area contributed by atoms with Crippen molar-refractivity contribution in [2.75, 3.05) is 6.61 Å². The van der Waals surface area contributed by atoms with E-state index in [0.29, 0.717) is 6.42 Å². The van der Waals surface area contributed by atoms with Gasteiger partial charge in [-0.2, -0.15) is 0 Å². The smallest absolute Gasteiger partial charge is 0.220 e. The van der Waals surface area contributed by atoms with Crippen molar-refractivity contribution in [2.45, 2.75) is 315 Å². The van der Waals surface area contributed by atoms with Crippen molar-refractivity contribution in [3.8, 4) is 0 Å². The molecular weight excluding hydrogens is 843 g/mol. The van der Waals surface area contributed by atoms with Crippen LogP contribution in [0.5, 0.6) is 0 Å². The molecule has 69 heavy (non-hydrogen) atoms. The molecule has 1 amide bonds. The lowest BCUT2D eigenvalue weighted by molar-refractivity contribution is -0.123. The molecule has 0 rings (SSSR count). The summed E-state index contributed by atoms with van der Waals surface area (Å²) in [6.07, 6.45) is 87.6. The second-order valence-electron chi connectivity index (χ2n) is 20.4. The zero-order valence-electron chi connectivity index (χ0n) is 46.1. The van der Waals surface area contributed by atoms with Crippen molar-refractivity contribution in [3.63, 3.8) is 0 Å². The molecule has 0 aliphatic heterocycles. The SMILES string of the molecule is CC/C=C\C/C=C\C/C=C\C/C=C\C/C=C\C/C=C\CCCCCCCCCCC(=O)NC(CO)C(O)/C=C/CCCCCCCCCCCCCCCCCCCCCCCCCCCCCC. The molecule has 0 spiro atoms. The molecule has 0 saturated heterocycles. The van der Waals surface area contributed by atoms with Crippen molar-refractivity contribution in [1.29, 1.82) is 0 Å². The van der Waals surface area contributed by atoms with Crippen LogP contribution in [-0.4, -0.2) is 34.9 Å². The maximum absolute atomic E-state index is 12.5. The number of aliphatic hydroxyl groups excluding tert-OH is 2. The molecule has 0 aromatic rings. The Bertz CT molecular complexity index is 1230. The molecule has 2 unspecified atom stereocenters. The highest BCUT2D eigenvalue weighted by molar-refractivity contribution is 5.76. The summed E-state index contributed by atoms with van der Waals surface area (Å²) in [6.45, 7) is 4.21. The first-order chi connectivity index (χ1) is 34.2. The van der Waals surface area contributed by atoms with Gasteiger partial charge in [-0.25, -0.2) is 0 Å². The molecule has 0 heterocycles. The Morgan fingerprint density at radius 1 is 0.362 bits per heavy atom. The number of nitrogens with one attached hydrogen (secondary N) is 1. The number of carbonyl (C=O) groups excluding carboxylic acids is 1. The number of unbranched alkanes of at least 4 members (excludes halogenated alkanes) is 36. The van der Waals surface area contributed by atoms with E-state index in [1.54, 1.807) is 6.08 Å². The summed E-state index contributed by atoms with van der Waals surface area (Å²) in [5, 5.41) is 23.2. The highest BCUT2D eigenvalue weighted by Crippen LogP contribution is 2.17. The quantitative estimate of drug-likeness (QED) is 0.0420. The van der Waals surface area contributed by atoms with Crippen LogP contribution in [0.15, 0.2) is 85.1 Å². The van der Waals surface area contributed by atoms with Crippen LogP contribution < -0.4 is 5.32 Å². The number of hydrogen-bond acceptors (Lipinski definition) is 3. The lowest BCUT2D eigenvalue weighted by atomic mass is 10.0. The first-order valence-corrected chi connectivity index (χ1v) is 30.3. The standard InChI is InChI=1S/C65H117NO3/c1-3-5-7-9-11-13-15-17-19-21-23-25-27-29-31-32-33-35-36-38-40-42-44-46-48-50-52-54-56-58-60-64(68)63(62-67)66-65(69)61-59-57-55-53-51-49-47-45-43-41-39-37-34-30-28-26-24-22-20-18-16-14-12-10-8-6-4-2/h6,8,12,14,18,20,24,26,30,34,39,41,58,60,63-64,67-68H,3-5,7,9-11,13,15-17,19,21-23,25,27-29,31-33,35-38,40,42-57,59,61-62H2,1-2H3,(H,66,69)/b8-6-,14-12-,20-18-,26-24-,34-30-,41-39-,60-58+. The molecule has 0 aliphatic carbocycles. The molecule has 0 aliphatic rings. The molecule has 0 aromatic heterocycles. The van der Waals surface area contributed by atoms with Crippen molar-refractivity contribution in [1.82, 2.24) is 5.32 Å². The predicted octanol–water partition coefficient (Wildman–Crippen LogP) is 20.3. The molecule has 400 valence electrons.